The Kier molecular flexibility index (Phi) is 5.73. The summed E-state index contributed by atoms with van der Waals surface area (Å²) in [7, 11) is 1.81. The highest BCUT2D eigenvalue weighted by Crippen LogP contribution is 2.44. The Morgan fingerprint density at radius 1 is 0.974 bits per heavy atom. The Morgan fingerprint density at radius 3 is 2.66 bits per heavy atom. The van der Waals surface area contributed by atoms with Crippen molar-refractivity contribution in [3.05, 3.63) is 72.9 Å². The summed E-state index contributed by atoms with van der Waals surface area (Å²) < 4.78 is 8.06. The van der Waals surface area contributed by atoms with Gasteiger partial charge in [0.25, 0.3) is 0 Å². The van der Waals surface area contributed by atoms with E-state index in [1.165, 1.54) is 19.5 Å². The van der Waals surface area contributed by atoms with Crippen molar-refractivity contribution in [2.24, 2.45) is 18.9 Å². The molecule has 1 aliphatic carbocycles. The normalized spacial score (nSPS) is 18.6. The summed E-state index contributed by atoms with van der Waals surface area (Å²) in [5.74, 6) is 3.50. The molecule has 2 aliphatic rings. The van der Waals surface area contributed by atoms with Gasteiger partial charge in [0.05, 0.1) is 23.8 Å². The minimum Gasteiger partial charge on any atom is -0.492 e. The fraction of sp³-hybridized carbons (Fsp3) is 0.321. The van der Waals surface area contributed by atoms with Crippen LogP contribution in [0.5, 0.6) is 5.75 Å². The predicted octanol–water partition coefficient (Wildman–Crippen LogP) is 3.53. The summed E-state index contributed by atoms with van der Waals surface area (Å²) in [4.78, 5) is 17.6. The third kappa shape index (κ3) is 4.70. The average Bonchev–Trinajstić information content (AvgIpc) is 3.28. The van der Waals surface area contributed by atoms with Crippen LogP contribution in [0.1, 0.15) is 12.0 Å². The molecule has 2 atom stereocenters. The molecule has 1 N–H and O–H groups in total. The number of likely N-dealkylation sites (tertiary alicyclic amines) is 1. The van der Waals surface area contributed by atoms with Gasteiger partial charge in [0.2, 0.25) is 0 Å². The summed E-state index contributed by atoms with van der Waals surface area (Å²) in [6.45, 7) is 4.81. The average molecular weight is 508 g/mol. The Morgan fingerprint density at radius 2 is 1.84 bits per heavy atom. The van der Waals surface area contributed by atoms with E-state index >= 15 is 0 Å². The molecule has 5 aromatic rings. The van der Waals surface area contributed by atoms with Crippen molar-refractivity contribution >= 4 is 11.5 Å². The highest BCUT2D eigenvalue weighted by molar-refractivity contribution is 5.63. The molecule has 1 aliphatic heterocycles. The second-order valence-electron chi connectivity index (χ2n) is 10.2. The van der Waals surface area contributed by atoms with Gasteiger partial charge in [0.1, 0.15) is 35.8 Å². The van der Waals surface area contributed by atoms with Gasteiger partial charge in [0, 0.05) is 57.1 Å². The fourth-order valence-corrected chi connectivity index (χ4v) is 5.27. The summed E-state index contributed by atoms with van der Waals surface area (Å²) in [6, 6.07) is 14.2. The fourth-order valence-electron chi connectivity index (χ4n) is 5.27. The maximum atomic E-state index is 6.03. The molecule has 0 radical (unpaired) electrons. The standard InChI is InChI=1S/C28H29N9O/c1-35-33-14-25(34-35)20-4-2-19(3-5-20)13-29-27-12-24(31-18-32-27)26-15-30-28-11-23(6-7-37(26)28)38-9-8-36-16-21-10-22(21)17-36/h2-7,11-12,14-15,18,21-22H,8-10,13,16-17H2,1H3,(H,29,31,32). The van der Waals surface area contributed by atoms with Crippen molar-refractivity contribution in [2.75, 3.05) is 31.6 Å². The number of anilines is 1. The maximum Gasteiger partial charge on any atom is 0.140 e. The van der Waals surface area contributed by atoms with Crippen molar-refractivity contribution in [1.29, 1.82) is 0 Å². The van der Waals surface area contributed by atoms with Crippen molar-refractivity contribution in [1.82, 2.24) is 39.2 Å². The lowest BCUT2D eigenvalue weighted by molar-refractivity contribution is 0.224. The minimum absolute atomic E-state index is 0.643. The number of fused-ring (bicyclic) bond motifs is 2. The van der Waals surface area contributed by atoms with Gasteiger partial charge >= 0.3 is 0 Å². The Labute approximate surface area is 220 Å². The Balaban J connectivity index is 0.990. The smallest absolute Gasteiger partial charge is 0.140 e. The SMILES string of the molecule is Cn1ncc(-c2ccc(CNc3cc(-c4cnc5cc(OCCN6CC7CC7C6)ccn45)ncn3)cc2)n1. The van der Waals surface area contributed by atoms with Gasteiger partial charge in [-0.1, -0.05) is 24.3 Å². The molecular formula is C28H29N9O. The van der Waals surface area contributed by atoms with Gasteiger partial charge in [0.15, 0.2) is 0 Å². The minimum atomic E-state index is 0.643. The van der Waals surface area contributed by atoms with Gasteiger partial charge in [-0.2, -0.15) is 15.0 Å². The third-order valence-electron chi connectivity index (χ3n) is 7.47. The number of aromatic nitrogens is 7. The van der Waals surface area contributed by atoms with Gasteiger partial charge in [-0.05, 0) is 29.9 Å². The number of hydrogen-bond acceptors (Lipinski definition) is 8. The van der Waals surface area contributed by atoms with E-state index in [4.69, 9.17) is 4.74 Å². The number of aryl methyl sites for hydroxylation is 1. The number of pyridine rings is 1. The molecule has 4 aromatic heterocycles. The van der Waals surface area contributed by atoms with Crippen molar-refractivity contribution in [3.8, 4) is 28.4 Å². The summed E-state index contributed by atoms with van der Waals surface area (Å²) in [5.41, 5.74) is 5.57. The predicted molar refractivity (Wildman–Crippen MR) is 144 cm³/mol. The van der Waals surface area contributed by atoms with Crippen LogP contribution in [-0.2, 0) is 13.6 Å². The molecule has 1 aromatic carbocycles. The number of ether oxygens (including phenoxy) is 1. The number of nitrogens with zero attached hydrogens (tertiary/aromatic N) is 8. The first-order valence-corrected chi connectivity index (χ1v) is 13.0. The lowest BCUT2D eigenvalue weighted by Crippen LogP contribution is -2.27. The Bertz CT molecular complexity index is 1570. The zero-order chi connectivity index (χ0) is 25.5. The number of rotatable bonds is 9. The van der Waals surface area contributed by atoms with Crippen molar-refractivity contribution in [3.63, 3.8) is 0 Å². The summed E-state index contributed by atoms with van der Waals surface area (Å²) in [6.07, 6.45) is 8.60. The molecule has 2 fully saturated rings. The van der Waals surface area contributed by atoms with Crippen molar-refractivity contribution in [2.45, 2.75) is 13.0 Å². The van der Waals surface area contributed by atoms with Crippen LogP contribution in [0.15, 0.2) is 67.4 Å². The highest BCUT2D eigenvalue weighted by Gasteiger charge is 2.44. The monoisotopic (exact) mass is 507 g/mol. The number of hydrogen-bond donors (Lipinski definition) is 1. The van der Waals surface area contributed by atoms with E-state index < -0.39 is 0 Å². The number of nitrogens with one attached hydrogen (secondary N) is 1. The van der Waals surface area contributed by atoms with Crippen molar-refractivity contribution < 1.29 is 4.74 Å². The van der Waals surface area contributed by atoms with E-state index in [-0.39, 0.29) is 0 Å². The lowest BCUT2D eigenvalue weighted by Gasteiger charge is -2.17. The largest absolute Gasteiger partial charge is 0.492 e. The maximum absolute atomic E-state index is 6.03. The van der Waals surface area contributed by atoms with Crippen LogP contribution >= 0.6 is 0 Å². The van der Waals surface area contributed by atoms with Crippen LogP contribution in [0.2, 0.25) is 0 Å². The molecule has 1 saturated heterocycles. The van der Waals surface area contributed by atoms with E-state index in [2.05, 4.69) is 59.6 Å². The molecule has 10 heteroatoms. The van der Waals surface area contributed by atoms with E-state index in [0.717, 1.165) is 63.8 Å². The number of piperidine rings is 1. The molecule has 192 valence electrons. The van der Waals surface area contributed by atoms with Crippen LogP contribution < -0.4 is 10.1 Å². The molecule has 10 nitrogen and oxygen atoms in total. The number of imidazole rings is 1. The van der Waals surface area contributed by atoms with E-state index in [9.17, 15) is 0 Å². The second-order valence-corrected chi connectivity index (χ2v) is 10.2. The molecule has 2 unspecified atom stereocenters. The summed E-state index contributed by atoms with van der Waals surface area (Å²) >= 11 is 0. The first kappa shape index (κ1) is 22.9. The highest BCUT2D eigenvalue weighted by atomic mass is 16.5. The first-order valence-electron chi connectivity index (χ1n) is 13.0. The Hall–Kier alpha value is -4.31. The molecule has 0 spiro atoms. The second kappa shape index (κ2) is 9.53. The quantitative estimate of drug-likeness (QED) is 0.324. The van der Waals surface area contributed by atoms with Crippen LogP contribution in [-0.4, -0.2) is 65.5 Å². The topological polar surface area (TPSA) is 98.3 Å². The van der Waals surface area contributed by atoms with E-state index in [1.807, 2.05) is 42.0 Å². The zero-order valence-electron chi connectivity index (χ0n) is 21.2. The van der Waals surface area contributed by atoms with Gasteiger partial charge in [-0.3, -0.25) is 9.30 Å². The van der Waals surface area contributed by atoms with Crippen LogP contribution in [0, 0.1) is 11.8 Å². The zero-order valence-corrected chi connectivity index (χ0v) is 21.2. The summed E-state index contributed by atoms with van der Waals surface area (Å²) in [5, 5.41) is 11.9. The first-order chi connectivity index (χ1) is 18.7. The van der Waals surface area contributed by atoms with Crippen LogP contribution in [0.4, 0.5) is 5.82 Å². The van der Waals surface area contributed by atoms with Gasteiger partial charge in [-0.15, -0.1) is 0 Å². The molecule has 0 bridgehead atoms. The lowest BCUT2D eigenvalue weighted by atomic mass is 10.1. The molecule has 5 heterocycles. The molecule has 1 saturated carbocycles. The third-order valence-corrected chi connectivity index (χ3v) is 7.47. The van der Waals surface area contributed by atoms with E-state index in [1.54, 1.807) is 17.3 Å². The molecular weight excluding hydrogens is 478 g/mol. The van der Waals surface area contributed by atoms with Crippen LogP contribution in [0.25, 0.3) is 28.3 Å². The number of benzene rings is 1. The molecule has 7 rings (SSSR count). The van der Waals surface area contributed by atoms with Crippen LogP contribution in [0.3, 0.4) is 0 Å². The van der Waals surface area contributed by atoms with Gasteiger partial charge in [-0.25, -0.2) is 15.0 Å². The molecule has 38 heavy (non-hydrogen) atoms. The van der Waals surface area contributed by atoms with Gasteiger partial charge < -0.3 is 10.1 Å². The van der Waals surface area contributed by atoms with E-state index in [0.29, 0.717) is 13.2 Å². The molecule has 0 amide bonds.